The lowest BCUT2D eigenvalue weighted by Gasteiger charge is -2.08. The monoisotopic (exact) mass is 326 g/mol. The summed E-state index contributed by atoms with van der Waals surface area (Å²) in [7, 11) is 0. The van der Waals surface area contributed by atoms with Crippen molar-refractivity contribution in [2.45, 2.75) is 17.1 Å². The van der Waals surface area contributed by atoms with E-state index in [0.717, 1.165) is 16.0 Å². The summed E-state index contributed by atoms with van der Waals surface area (Å²) in [5, 5.41) is 10.2. The molecule has 104 valence electrons. The van der Waals surface area contributed by atoms with Crippen molar-refractivity contribution in [2.75, 3.05) is 0 Å². The summed E-state index contributed by atoms with van der Waals surface area (Å²) >= 11 is 13.6. The van der Waals surface area contributed by atoms with E-state index < -0.39 is 5.97 Å². The van der Waals surface area contributed by atoms with Crippen molar-refractivity contribution in [3.63, 3.8) is 0 Å². The Morgan fingerprint density at radius 1 is 1.10 bits per heavy atom. The van der Waals surface area contributed by atoms with Gasteiger partial charge in [-0.3, -0.25) is 4.79 Å². The van der Waals surface area contributed by atoms with Crippen molar-refractivity contribution in [1.82, 2.24) is 0 Å². The van der Waals surface area contributed by atoms with Gasteiger partial charge in [0.05, 0.1) is 6.42 Å². The summed E-state index contributed by atoms with van der Waals surface area (Å²) in [4.78, 5) is 11.8. The zero-order valence-corrected chi connectivity index (χ0v) is 12.8. The highest BCUT2D eigenvalue weighted by atomic mass is 35.5. The first-order valence-corrected chi connectivity index (χ1v) is 7.67. The van der Waals surface area contributed by atoms with Crippen LogP contribution in [0.15, 0.2) is 47.4 Å². The first kappa shape index (κ1) is 15.2. The van der Waals surface area contributed by atoms with Gasteiger partial charge in [0.25, 0.3) is 0 Å². The largest absolute Gasteiger partial charge is 0.481 e. The molecule has 0 saturated heterocycles. The second-order valence-corrected chi connectivity index (χ2v) is 6.06. The summed E-state index contributed by atoms with van der Waals surface area (Å²) in [6.45, 7) is 0. The lowest BCUT2D eigenvalue weighted by Crippen LogP contribution is -2.01. The fourth-order valence-corrected chi connectivity index (χ4v) is 3.27. The molecule has 0 aliphatic rings. The lowest BCUT2D eigenvalue weighted by atomic mass is 10.1. The molecule has 0 saturated carbocycles. The fourth-order valence-electron chi connectivity index (χ4n) is 1.76. The molecule has 0 unspecified atom stereocenters. The van der Waals surface area contributed by atoms with Crippen molar-refractivity contribution >= 4 is 40.9 Å². The maximum atomic E-state index is 10.8. The van der Waals surface area contributed by atoms with E-state index in [2.05, 4.69) is 0 Å². The van der Waals surface area contributed by atoms with Crippen LogP contribution < -0.4 is 0 Å². The Kier molecular flexibility index (Phi) is 5.35. The van der Waals surface area contributed by atoms with E-state index in [1.54, 1.807) is 23.9 Å². The number of carbonyl (C=O) groups is 1. The van der Waals surface area contributed by atoms with E-state index in [1.807, 2.05) is 30.3 Å². The Balaban J connectivity index is 2.14. The highest BCUT2D eigenvalue weighted by molar-refractivity contribution is 7.98. The molecular formula is C15H12Cl2O2S. The van der Waals surface area contributed by atoms with Crippen LogP contribution in [0.2, 0.25) is 10.0 Å². The van der Waals surface area contributed by atoms with Crippen LogP contribution in [0.1, 0.15) is 11.1 Å². The Morgan fingerprint density at radius 3 is 2.60 bits per heavy atom. The molecule has 0 fully saturated rings. The molecule has 2 rings (SSSR count). The number of rotatable bonds is 5. The molecule has 0 aliphatic heterocycles. The minimum absolute atomic E-state index is 0.0203. The number of carboxylic acid groups (broad SMARTS) is 1. The van der Waals surface area contributed by atoms with Crippen molar-refractivity contribution < 1.29 is 9.90 Å². The summed E-state index contributed by atoms with van der Waals surface area (Å²) < 4.78 is 0. The third kappa shape index (κ3) is 4.17. The van der Waals surface area contributed by atoms with Crippen LogP contribution in [0, 0.1) is 0 Å². The van der Waals surface area contributed by atoms with Gasteiger partial charge in [-0.1, -0.05) is 41.4 Å². The number of benzene rings is 2. The van der Waals surface area contributed by atoms with E-state index in [1.165, 1.54) is 0 Å². The van der Waals surface area contributed by atoms with E-state index >= 15 is 0 Å². The molecule has 0 atom stereocenters. The maximum absolute atomic E-state index is 10.8. The topological polar surface area (TPSA) is 37.3 Å². The Labute approximate surface area is 131 Å². The molecule has 1 N–H and O–H groups in total. The number of carboxylic acids is 1. The second-order valence-electron chi connectivity index (χ2n) is 4.20. The fraction of sp³-hybridized carbons (Fsp3) is 0.133. The standard InChI is InChI=1S/C15H12Cl2O2S/c16-12-5-6-13(17)11(7-12)9-20-14-4-2-1-3-10(14)8-15(18)19/h1-7H,8-9H2,(H,18,19). The van der Waals surface area contributed by atoms with Crippen molar-refractivity contribution in [2.24, 2.45) is 0 Å². The van der Waals surface area contributed by atoms with E-state index in [4.69, 9.17) is 28.3 Å². The van der Waals surface area contributed by atoms with Gasteiger partial charge in [-0.15, -0.1) is 11.8 Å². The molecule has 20 heavy (non-hydrogen) atoms. The molecule has 2 nitrogen and oxygen atoms in total. The van der Waals surface area contributed by atoms with Crippen molar-refractivity contribution in [3.05, 3.63) is 63.6 Å². The Bertz CT molecular complexity index is 629. The highest BCUT2D eigenvalue weighted by Crippen LogP contribution is 2.30. The molecule has 0 aliphatic carbocycles. The zero-order valence-electron chi connectivity index (χ0n) is 10.5. The normalized spacial score (nSPS) is 10.5. The molecule has 2 aromatic carbocycles. The highest BCUT2D eigenvalue weighted by Gasteiger charge is 2.08. The van der Waals surface area contributed by atoms with Gasteiger partial charge in [-0.25, -0.2) is 0 Å². The van der Waals surface area contributed by atoms with Crippen LogP contribution in [0.25, 0.3) is 0 Å². The third-order valence-electron chi connectivity index (χ3n) is 2.71. The molecule has 0 heterocycles. The summed E-state index contributed by atoms with van der Waals surface area (Å²) in [5.74, 6) is -0.186. The van der Waals surface area contributed by atoms with Gasteiger partial charge in [0.1, 0.15) is 0 Å². The minimum atomic E-state index is -0.834. The summed E-state index contributed by atoms with van der Waals surface area (Å²) in [6.07, 6.45) is 0.0203. The number of aliphatic carboxylic acids is 1. The molecule has 0 amide bonds. The maximum Gasteiger partial charge on any atom is 0.307 e. The van der Waals surface area contributed by atoms with E-state index in [9.17, 15) is 4.79 Å². The molecule has 0 aromatic heterocycles. The van der Waals surface area contributed by atoms with Crippen LogP contribution in [0.3, 0.4) is 0 Å². The summed E-state index contributed by atoms with van der Waals surface area (Å²) in [6, 6.07) is 12.8. The van der Waals surface area contributed by atoms with Crippen LogP contribution in [0.4, 0.5) is 0 Å². The van der Waals surface area contributed by atoms with E-state index in [0.29, 0.717) is 15.8 Å². The van der Waals surface area contributed by atoms with Crippen LogP contribution in [-0.4, -0.2) is 11.1 Å². The van der Waals surface area contributed by atoms with Crippen LogP contribution in [0.5, 0.6) is 0 Å². The first-order chi connectivity index (χ1) is 9.56. The van der Waals surface area contributed by atoms with Crippen LogP contribution in [-0.2, 0) is 17.0 Å². The Hall–Kier alpha value is -1.16. The molecule has 0 spiro atoms. The van der Waals surface area contributed by atoms with Crippen LogP contribution >= 0.6 is 35.0 Å². The molecule has 2 aromatic rings. The van der Waals surface area contributed by atoms with E-state index in [-0.39, 0.29) is 6.42 Å². The predicted octanol–water partition coefficient (Wildman–Crippen LogP) is 4.91. The van der Waals surface area contributed by atoms with Gasteiger partial charge < -0.3 is 5.11 Å². The zero-order chi connectivity index (χ0) is 14.5. The average Bonchev–Trinajstić information content (AvgIpc) is 2.41. The third-order valence-corrected chi connectivity index (χ3v) is 4.47. The molecule has 5 heteroatoms. The van der Waals surface area contributed by atoms with Gasteiger partial charge in [-0.2, -0.15) is 0 Å². The minimum Gasteiger partial charge on any atom is -0.481 e. The SMILES string of the molecule is O=C(O)Cc1ccccc1SCc1cc(Cl)ccc1Cl. The molecular weight excluding hydrogens is 315 g/mol. The van der Waals surface area contributed by atoms with Gasteiger partial charge in [-0.05, 0) is 35.4 Å². The quantitative estimate of drug-likeness (QED) is 0.793. The number of halogens is 2. The second kappa shape index (κ2) is 7.02. The summed E-state index contributed by atoms with van der Waals surface area (Å²) in [5.41, 5.74) is 1.75. The molecule has 0 bridgehead atoms. The van der Waals surface area contributed by atoms with Gasteiger partial charge in [0, 0.05) is 20.7 Å². The van der Waals surface area contributed by atoms with Gasteiger partial charge in [0.2, 0.25) is 0 Å². The molecule has 0 radical (unpaired) electrons. The number of thioether (sulfide) groups is 1. The Morgan fingerprint density at radius 2 is 1.85 bits per heavy atom. The van der Waals surface area contributed by atoms with Gasteiger partial charge >= 0.3 is 5.97 Å². The number of hydrogen-bond donors (Lipinski definition) is 1. The van der Waals surface area contributed by atoms with Crippen molar-refractivity contribution in [1.29, 1.82) is 0 Å². The van der Waals surface area contributed by atoms with Crippen molar-refractivity contribution in [3.8, 4) is 0 Å². The lowest BCUT2D eigenvalue weighted by molar-refractivity contribution is -0.136. The predicted molar refractivity (Wildman–Crippen MR) is 83.8 cm³/mol. The first-order valence-electron chi connectivity index (χ1n) is 5.92. The average molecular weight is 327 g/mol. The van der Waals surface area contributed by atoms with Gasteiger partial charge in [0.15, 0.2) is 0 Å². The smallest absolute Gasteiger partial charge is 0.307 e. The number of hydrogen-bond acceptors (Lipinski definition) is 2.